The van der Waals surface area contributed by atoms with Gasteiger partial charge in [0, 0.05) is 30.0 Å². The van der Waals surface area contributed by atoms with Gasteiger partial charge in [0.15, 0.2) is 17.4 Å². The summed E-state index contributed by atoms with van der Waals surface area (Å²) in [5.41, 5.74) is 0.867. The molecule has 1 N–H and O–H groups in total. The van der Waals surface area contributed by atoms with Crippen molar-refractivity contribution in [1.29, 1.82) is 0 Å². The molecule has 5 unspecified atom stereocenters. The number of allylic oxidation sites excluding steroid dienone is 3. The van der Waals surface area contributed by atoms with Gasteiger partial charge in [0.1, 0.15) is 6.10 Å². The van der Waals surface area contributed by atoms with E-state index in [9.17, 15) is 14.4 Å². The van der Waals surface area contributed by atoms with Crippen LogP contribution in [0.25, 0.3) is 0 Å². The van der Waals surface area contributed by atoms with Crippen LogP contribution in [0.15, 0.2) is 35.8 Å². The SMILES string of the molecule is C=C(C)C(=O)NC1CCC2OC(=CC=C3C(=O)C4CCCCC4C3=O)N(CC)C2C1. The third-order valence-corrected chi connectivity index (χ3v) is 7.14. The number of carbonyl (C=O) groups is 3. The summed E-state index contributed by atoms with van der Waals surface area (Å²) in [6, 6.07) is 0.285. The van der Waals surface area contributed by atoms with E-state index in [1.165, 1.54) is 0 Å². The number of rotatable bonds is 4. The molecule has 3 aliphatic carbocycles. The molecule has 0 aromatic heterocycles. The van der Waals surface area contributed by atoms with Crippen molar-refractivity contribution in [2.24, 2.45) is 11.8 Å². The summed E-state index contributed by atoms with van der Waals surface area (Å²) < 4.78 is 6.21. The van der Waals surface area contributed by atoms with Crippen molar-refractivity contribution in [1.82, 2.24) is 10.2 Å². The van der Waals surface area contributed by atoms with Gasteiger partial charge in [-0.25, -0.2) is 0 Å². The zero-order chi connectivity index (χ0) is 21.4. The van der Waals surface area contributed by atoms with Crippen LogP contribution in [0, 0.1) is 11.8 Å². The van der Waals surface area contributed by atoms with E-state index in [4.69, 9.17) is 4.74 Å². The van der Waals surface area contributed by atoms with E-state index in [0.717, 1.165) is 57.4 Å². The van der Waals surface area contributed by atoms with Crippen LogP contribution < -0.4 is 5.32 Å². The Morgan fingerprint density at radius 2 is 1.80 bits per heavy atom. The first-order valence-corrected chi connectivity index (χ1v) is 11.3. The topological polar surface area (TPSA) is 75.7 Å². The molecule has 1 heterocycles. The summed E-state index contributed by atoms with van der Waals surface area (Å²) in [4.78, 5) is 39.7. The summed E-state index contributed by atoms with van der Waals surface area (Å²) >= 11 is 0. The van der Waals surface area contributed by atoms with Crippen LogP contribution in [0.4, 0.5) is 0 Å². The molecule has 6 heteroatoms. The Bertz CT molecular complexity index is 801. The number of ketones is 2. The minimum atomic E-state index is -0.108. The number of carbonyl (C=O) groups excluding carboxylic acids is 3. The summed E-state index contributed by atoms with van der Waals surface area (Å²) in [7, 11) is 0. The Hall–Kier alpha value is -2.37. The van der Waals surface area contributed by atoms with Crippen molar-refractivity contribution in [3.8, 4) is 0 Å². The number of nitrogens with one attached hydrogen (secondary N) is 1. The fourth-order valence-corrected chi connectivity index (χ4v) is 5.53. The van der Waals surface area contributed by atoms with Crippen LogP contribution in [-0.2, 0) is 19.1 Å². The van der Waals surface area contributed by atoms with Gasteiger partial charge in [0.2, 0.25) is 5.91 Å². The number of Topliss-reactive ketones (excluding diaryl/α,β-unsaturated/α-hetero) is 2. The van der Waals surface area contributed by atoms with Crippen molar-refractivity contribution >= 4 is 17.5 Å². The van der Waals surface area contributed by atoms with Crippen LogP contribution in [0.5, 0.6) is 0 Å². The Kier molecular flexibility index (Phi) is 5.85. The van der Waals surface area contributed by atoms with E-state index in [2.05, 4.69) is 23.7 Å². The Labute approximate surface area is 178 Å². The predicted octanol–water partition coefficient (Wildman–Crippen LogP) is 3.05. The third kappa shape index (κ3) is 3.72. The molecule has 0 aromatic rings. The Balaban J connectivity index is 1.49. The molecule has 0 bridgehead atoms. The molecule has 162 valence electrons. The molecule has 5 atom stereocenters. The van der Waals surface area contributed by atoms with Crippen LogP contribution in [0.2, 0.25) is 0 Å². The van der Waals surface area contributed by atoms with Crippen molar-refractivity contribution in [3.63, 3.8) is 0 Å². The van der Waals surface area contributed by atoms with E-state index < -0.39 is 0 Å². The van der Waals surface area contributed by atoms with Gasteiger partial charge in [-0.3, -0.25) is 14.4 Å². The van der Waals surface area contributed by atoms with E-state index in [-0.39, 0.29) is 47.5 Å². The van der Waals surface area contributed by atoms with Crippen molar-refractivity contribution in [2.75, 3.05) is 6.54 Å². The maximum Gasteiger partial charge on any atom is 0.246 e. The molecule has 1 aliphatic heterocycles. The maximum absolute atomic E-state index is 12.7. The zero-order valence-electron chi connectivity index (χ0n) is 18.0. The maximum atomic E-state index is 12.7. The van der Waals surface area contributed by atoms with Crippen LogP contribution in [0.3, 0.4) is 0 Å². The van der Waals surface area contributed by atoms with Gasteiger partial charge in [-0.2, -0.15) is 0 Å². The Morgan fingerprint density at radius 3 is 2.40 bits per heavy atom. The highest BCUT2D eigenvalue weighted by Gasteiger charge is 2.46. The first-order valence-electron chi connectivity index (χ1n) is 11.3. The minimum absolute atomic E-state index is 0.0163. The molecule has 0 aromatic carbocycles. The summed E-state index contributed by atoms with van der Waals surface area (Å²) in [6.07, 6.45) is 9.86. The fraction of sp³-hybridized carbons (Fsp3) is 0.625. The normalized spacial score (nSPS) is 34.5. The molecule has 4 aliphatic rings. The molecule has 4 rings (SSSR count). The average Bonchev–Trinajstić information content (AvgIpc) is 3.21. The number of fused-ring (bicyclic) bond motifs is 2. The summed E-state index contributed by atoms with van der Waals surface area (Å²) in [6.45, 7) is 8.27. The second kappa shape index (κ2) is 8.40. The lowest BCUT2D eigenvalue weighted by Gasteiger charge is -2.34. The zero-order valence-corrected chi connectivity index (χ0v) is 18.0. The molecular weight excluding hydrogens is 380 g/mol. The number of nitrogens with zero attached hydrogens (tertiary/aromatic N) is 1. The van der Waals surface area contributed by atoms with Gasteiger partial charge >= 0.3 is 0 Å². The van der Waals surface area contributed by atoms with Crippen molar-refractivity contribution < 1.29 is 19.1 Å². The first kappa shape index (κ1) is 20.9. The second-order valence-corrected chi connectivity index (χ2v) is 9.08. The molecule has 0 spiro atoms. The molecule has 30 heavy (non-hydrogen) atoms. The van der Waals surface area contributed by atoms with E-state index in [1.54, 1.807) is 13.0 Å². The van der Waals surface area contributed by atoms with Gasteiger partial charge < -0.3 is 15.0 Å². The first-order chi connectivity index (χ1) is 14.4. The standard InChI is InChI=1S/C24H32N2O4/c1-4-26-19-13-15(25-24(29)14(2)3)9-11-20(19)30-21(26)12-10-18-22(27)16-7-5-6-8-17(16)23(18)28/h10,12,15-17,19-20H,2,4-9,11,13H2,1,3H3,(H,25,29). The smallest absolute Gasteiger partial charge is 0.246 e. The van der Waals surface area contributed by atoms with Crippen LogP contribution >= 0.6 is 0 Å². The van der Waals surface area contributed by atoms with Crippen LogP contribution in [-0.4, -0.2) is 47.1 Å². The number of ether oxygens (including phenoxy) is 1. The molecule has 4 fully saturated rings. The molecular formula is C24H32N2O4. The number of amides is 1. The van der Waals surface area contributed by atoms with Gasteiger partial charge in [-0.05, 0) is 58.1 Å². The summed E-state index contributed by atoms with van der Waals surface area (Å²) in [5, 5.41) is 3.07. The minimum Gasteiger partial charge on any atom is -0.474 e. The average molecular weight is 413 g/mol. The van der Waals surface area contributed by atoms with E-state index >= 15 is 0 Å². The second-order valence-electron chi connectivity index (χ2n) is 9.08. The number of likely N-dealkylation sites (N-methyl/N-ethyl adjacent to an activating group) is 1. The highest BCUT2D eigenvalue weighted by Crippen LogP contribution is 2.41. The van der Waals surface area contributed by atoms with E-state index in [0.29, 0.717) is 11.1 Å². The summed E-state index contributed by atoms with van der Waals surface area (Å²) in [5.74, 6) is 0.444. The molecule has 6 nitrogen and oxygen atoms in total. The molecule has 1 amide bonds. The molecule has 1 saturated heterocycles. The van der Waals surface area contributed by atoms with Crippen molar-refractivity contribution in [2.45, 2.75) is 77.0 Å². The quantitative estimate of drug-likeness (QED) is 0.567. The molecule has 3 saturated carbocycles. The van der Waals surface area contributed by atoms with Crippen molar-refractivity contribution in [3.05, 3.63) is 35.8 Å². The lowest BCUT2D eigenvalue weighted by Crippen LogP contribution is -2.47. The molecule has 0 radical (unpaired) electrons. The largest absolute Gasteiger partial charge is 0.474 e. The van der Waals surface area contributed by atoms with Crippen LogP contribution in [0.1, 0.15) is 58.8 Å². The van der Waals surface area contributed by atoms with Gasteiger partial charge in [-0.15, -0.1) is 0 Å². The monoisotopic (exact) mass is 412 g/mol. The number of hydrogen-bond acceptors (Lipinski definition) is 5. The number of hydrogen-bond donors (Lipinski definition) is 1. The highest BCUT2D eigenvalue weighted by molar-refractivity contribution is 6.27. The third-order valence-electron chi connectivity index (χ3n) is 7.14. The lowest BCUT2D eigenvalue weighted by atomic mass is 9.81. The van der Waals surface area contributed by atoms with E-state index in [1.807, 2.05) is 6.08 Å². The van der Waals surface area contributed by atoms with Gasteiger partial charge in [0.05, 0.1) is 11.6 Å². The van der Waals surface area contributed by atoms with Gasteiger partial charge in [0.25, 0.3) is 0 Å². The highest BCUT2D eigenvalue weighted by atomic mass is 16.5. The predicted molar refractivity (Wildman–Crippen MR) is 113 cm³/mol. The fourth-order valence-electron chi connectivity index (χ4n) is 5.53. The lowest BCUT2D eigenvalue weighted by molar-refractivity contribution is -0.120. The Morgan fingerprint density at radius 1 is 1.13 bits per heavy atom. The van der Waals surface area contributed by atoms with Gasteiger partial charge in [-0.1, -0.05) is 19.4 Å².